The van der Waals surface area contributed by atoms with Gasteiger partial charge < -0.3 is 9.47 Å². The van der Waals surface area contributed by atoms with E-state index < -0.39 is 0 Å². The molecule has 0 radical (unpaired) electrons. The van der Waals surface area contributed by atoms with Crippen molar-refractivity contribution in [1.29, 1.82) is 0 Å². The van der Waals surface area contributed by atoms with Crippen LogP contribution >= 0.6 is 0 Å². The van der Waals surface area contributed by atoms with Gasteiger partial charge in [0, 0.05) is 17.8 Å². The molecule has 1 rings (SSSR count). The van der Waals surface area contributed by atoms with Gasteiger partial charge in [0.05, 0.1) is 12.7 Å². The van der Waals surface area contributed by atoms with E-state index in [1.807, 2.05) is 13.8 Å². The Bertz CT molecular complexity index is 350. The quantitative estimate of drug-likeness (QED) is 0.547. The van der Waals surface area contributed by atoms with Crippen LogP contribution in [0.5, 0.6) is 5.88 Å². The van der Waals surface area contributed by atoms with Crippen molar-refractivity contribution >= 4 is 5.78 Å². The summed E-state index contributed by atoms with van der Waals surface area (Å²) in [5.74, 6) is 0.464. The van der Waals surface area contributed by atoms with Gasteiger partial charge in [0.2, 0.25) is 5.88 Å². The highest BCUT2D eigenvalue weighted by Crippen LogP contribution is 2.09. The van der Waals surface area contributed by atoms with Gasteiger partial charge in [-0.25, -0.2) is 4.98 Å². The SMILES string of the molecule is CC(=O)c1ccnc(OCCOC(C)C)c1. The van der Waals surface area contributed by atoms with Gasteiger partial charge in [-0.3, -0.25) is 4.79 Å². The van der Waals surface area contributed by atoms with Gasteiger partial charge >= 0.3 is 0 Å². The van der Waals surface area contributed by atoms with Crippen LogP contribution in [-0.2, 0) is 4.74 Å². The van der Waals surface area contributed by atoms with E-state index in [1.165, 1.54) is 6.92 Å². The molecular weight excluding hydrogens is 206 g/mol. The van der Waals surface area contributed by atoms with Crippen LogP contribution in [0.1, 0.15) is 31.1 Å². The number of hydrogen-bond donors (Lipinski definition) is 0. The third-order valence-electron chi connectivity index (χ3n) is 1.93. The summed E-state index contributed by atoms with van der Waals surface area (Å²) in [6, 6.07) is 3.30. The molecule has 0 amide bonds. The number of rotatable bonds is 6. The second kappa shape index (κ2) is 6.23. The normalized spacial score (nSPS) is 10.5. The van der Waals surface area contributed by atoms with Crippen LogP contribution in [0.3, 0.4) is 0 Å². The van der Waals surface area contributed by atoms with Gasteiger partial charge in [0.1, 0.15) is 6.61 Å². The highest BCUT2D eigenvalue weighted by atomic mass is 16.5. The summed E-state index contributed by atoms with van der Waals surface area (Å²) in [5, 5.41) is 0. The monoisotopic (exact) mass is 223 g/mol. The van der Waals surface area contributed by atoms with Gasteiger partial charge in [0.25, 0.3) is 0 Å². The van der Waals surface area contributed by atoms with Crippen molar-refractivity contribution in [1.82, 2.24) is 4.98 Å². The first-order chi connectivity index (χ1) is 7.59. The molecule has 0 aromatic carbocycles. The molecular formula is C12H17NO3. The van der Waals surface area contributed by atoms with Crippen LogP contribution < -0.4 is 4.74 Å². The number of pyridine rings is 1. The molecule has 1 aromatic rings. The molecule has 1 heterocycles. The third-order valence-corrected chi connectivity index (χ3v) is 1.93. The Morgan fingerprint density at radius 2 is 2.19 bits per heavy atom. The molecule has 0 atom stereocenters. The molecule has 0 saturated carbocycles. The first-order valence-electron chi connectivity index (χ1n) is 5.31. The summed E-state index contributed by atoms with van der Waals surface area (Å²) >= 11 is 0. The molecule has 0 fully saturated rings. The van der Waals surface area contributed by atoms with E-state index in [1.54, 1.807) is 18.3 Å². The lowest BCUT2D eigenvalue weighted by Gasteiger charge is -2.08. The number of ketones is 1. The molecule has 0 aliphatic carbocycles. The molecule has 0 aliphatic rings. The molecule has 1 aromatic heterocycles. The Balaban J connectivity index is 2.42. The second-order valence-electron chi connectivity index (χ2n) is 3.71. The Hall–Kier alpha value is -1.42. The Labute approximate surface area is 95.6 Å². The molecule has 0 spiro atoms. The average molecular weight is 223 g/mol. The van der Waals surface area contributed by atoms with E-state index in [-0.39, 0.29) is 11.9 Å². The molecule has 0 bridgehead atoms. The summed E-state index contributed by atoms with van der Waals surface area (Å²) in [7, 11) is 0. The minimum absolute atomic E-state index is 0.00526. The smallest absolute Gasteiger partial charge is 0.213 e. The minimum atomic E-state index is 0.00526. The van der Waals surface area contributed by atoms with E-state index in [9.17, 15) is 4.79 Å². The largest absolute Gasteiger partial charge is 0.475 e. The van der Waals surface area contributed by atoms with E-state index >= 15 is 0 Å². The molecule has 0 N–H and O–H groups in total. The lowest BCUT2D eigenvalue weighted by molar-refractivity contribution is 0.0542. The summed E-state index contributed by atoms with van der Waals surface area (Å²) in [6.07, 6.45) is 1.76. The zero-order valence-electron chi connectivity index (χ0n) is 9.90. The number of Topliss-reactive ketones (excluding diaryl/α,β-unsaturated/α-hetero) is 1. The Kier molecular flexibility index (Phi) is 4.92. The van der Waals surface area contributed by atoms with Gasteiger partial charge in [-0.15, -0.1) is 0 Å². The highest BCUT2D eigenvalue weighted by Gasteiger charge is 2.02. The second-order valence-corrected chi connectivity index (χ2v) is 3.71. The van der Waals surface area contributed by atoms with Crippen molar-refractivity contribution in [2.24, 2.45) is 0 Å². The first kappa shape index (κ1) is 12.6. The van der Waals surface area contributed by atoms with Crippen LogP contribution in [0.4, 0.5) is 0 Å². The van der Waals surface area contributed by atoms with Gasteiger partial charge in [0.15, 0.2) is 5.78 Å². The van der Waals surface area contributed by atoms with Crippen molar-refractivity contribution < 1.29 is 14.3 Å². The summed E-state index contributed by atoms with van der Waals surface area (Å²) in [5.41, 5.74) is 0.606. The van der Waals surface area contributed by atoms with Crippen molar-refractivity contribution in [3.8, 4) is 5.88 Å². The Morgan fingerprint density at radius 1 is 1.44 bits per heavy atom. The number of nitrogens with zero attached hydrogens (tertiary/aromatic N) is 1. The fraction of sp³-hybridized carbons (Fsp3) is 0.500. The molecule has 0 unspecified atom stereocenters. The molecule has 16 heavy (non-hydrogen) atoms. The molecule has 4 nitrogen and oxygen atoms in total. The highest BCUT2D eigenvalue weighted by molar-refractivity contribution is 5.94. The van der Waals surface area contributed by atoms with Crippen LogP contribution in [0.2, 0.25) is 0 Å². The van der Waals surface area contributed by atoms with Crippen LogP contribution in [-0.4, -0.2) is 30.1 Å². The number of ether oxygens (including phenoxy) is 2. The van der Waals surface area contributed by atoms with E-state index in [4.69, 9.17) is 9.47 Å². The number of aromatic nitrogens is 1. The zero-order chi connectivity index (χ0) is 12.0. The topological polar surface area (TPSA) is 48.4 Å². The third kappa shape index (κ3) is 4.40. The Morgan fingerprint density at radius 3 is 2.81 bits per heavy atom. The molecule has 0 aliphatic heterocycles. The van der Waals surface area contributed by atoms with Crippen LogP contribution in [0, 0.1) is 0 Å². The molecule has 4 heteroatoms. The summed E-state index contributed by atoms with van der Waals surface area (Å²) in [4.78, 5) is 15.1. The number of carbonyl (C=O) groups is 1. The van der Waals surface area contributed by atoms with Crippen LogP contribution in [0.15, 0.2) is 18.3 Å². The maximum Gasteiger partial charge on any atom is 0.213 e. The standard InChI is InChI=1S/C12H17NO3/c1-9(2)15-6-7-16-12-8-11(10(3)14)4-5-13-12/h4-5,8-9H,6-7H2,1-3H3. The maximum atomic E-state index is 11.1. The summed E-state index contributed by atoms with van der Waals surface area (Å²) in [6.45, 7) is 6.40. The average Bonchev–Trinajstić information content (AvgIpc) is 2.24. The fourth-order valence-corrected chi connectivity index (χ4v) is 1.14. The molecule has 0 saturated heterocycles. The van der Waals surface area contributed by atoms with Crippen molar-refractivity contribution in [3.05, 3.63) is 23.9 Å². The lowest BCUT2D eigenvalue weighted by Crippen LogP contribution is -2.11. The van der Waals surface area contributed by atoms with Gasteiger partial charge in [-0.05, 0) is 26.8 Å². The predicted molar refractivity (Wildman–Crippen MR) is 60.8 cm³/mol. The predicted octanol–water partition coefficient (Wildman–Crippen LogP) is 2.09. The van der Waals surface area contributed by atoms with Crippen LogP contribution in [0.25, 0.3) is 0 Å². The van der Waals surface area contributed by atoms with Crippen molar-refractivity contribution in [2.45, 2.75) is 26.9 Å². The van der Waals surface area contributed by atoms with Gasteiger partial charge in [-0.1, -0.05) is 0 Å². The number of hydrogen-bond acceptors (Lipinski definition) is 4. The summed E-state index contributed by atoms with van der Waals surface area (Å²) < 4.78 is 10.7. The fourth-order valence-electron chi connectivity index (χ4n) is 1.14. The number of carbonyl (C=O) groups excluding carboxylic acids is 1. The lowest BCUT2D eigenvalue weighted by atomic mass is 10.2. The van der Waals surface area contributed by atoms with Crippen molar-refractivity contribution in [3.63, 3.8) is 0 Å². The van der Waals surface area contributed by atoms with Crippen molar-refractivity contribution in [2.75, 3.05) is 13.2 Å². The van der Waals surface area contributed by atoms with E-state index in [2.05, 4.69) is 4.98 Å². The van der Waals surface area contributed by atoms with Gasteiger partial charge in [-0.2, -0.15) is 0 Å². The van der Waals surface area contributed by atoms with E-state index in [0.717, 1.165) is 0 Å². The first-order valence-corrected chi connectivity index (χ1v) is 5.31. The zero-order valence-corrected chi connectivity index (χ0v) is 9.90. The van der Waals surface area contributed by atoms with E-state index in [0.29, 0.717) is 24.7 Å². The maximum absolute atomic E-state index is 11.1. The minimum Gasteiger partial charge on any atom is -0.475 e. The molecule has 88 valence electrons.